The summed E-state index contributed by atoms with van der Waals surface area (Å²) in [7, 11) is 1.74. The summed E-state index contributed by atoms with van der Waals surface area (Å²) in [5.41, 5.74) is 1.03. The van der Waals surface area contributed by atoms with Gasteiger partial charge in [0.05, 0.1) is 0 Å². The normalized spacial score (nSPS) is 11.1. The molecule has 1 rings (SSSR count). The first-order chi connectivity index (χ1) is 7.74. The standard InChI is InChI=1S/C13H15NOS/c1-14(10-11-16-2)13(15)9-8-12-6-4-3-5-7-12/h3-11H,1-2H3. The number of carbonyl (C=O) groups is 1. The second kappa shape index (κ2) is 6.90. The maximum Gasteiger partial charge on any atom is 0.250 e. The van der Waals surface area contributed by atoms with Crippen LogP contribution in [0, 0.1) is 0 Å². The highest BCUT2D eigenvalue weighted by atomic mass is 32.2. The lowest BCUT2D eigenvalue weighted by molar-refractivity contribution is -0.122. The topological polar surface area (TPSA) is 20.3 Å². The van der Waals surface area contributed by atoms with Crippen molar-refractivity contribution in [3.63, 3.8) is 0 Å². The molecule has 0 aliphatic rings. The SMILES string of the molecule is CSC=CN(C)C(=O)C=Cc1ccccc1. The molecule has 0 heterocycles. The van der Waals surface area contributed by atoms with E-state index in [1.807, 2.05) is 48.1 Å². The molecule has 0 atom stereocenters. The highest BCUT2D eigenvalue weighted by molar-refractivity contribution is 8.01. The average molecular weight is 233 g/mol. The molecule has 0 aliphatic heterocycles. The Balaban J connectivity index is 2.57. The first-order valence-corrected chi connectivity index (χ1v) is 6.22. The van der Waals surface area contributed by atoms with E-state index in [-0.39, 0.29) is 5.91 Å². The van der Waals surface area contributed by atoms with Gasteiger partial charge < -0.3 is 4.90 Å². The number of hydrogen-bond acceptors (Lipinski definition) is 2. The van der Waals surface area contributed by atoms with Gasteiger partial charge in [-0.2, -0.15) is 0 Å². The van der Waals surface area contributed by atoms with E-state index >= 15 is 0 Å². The fourth-order valence-corrected chi connectivity index (χ4v) is 1.38. The van der Waals surface area contributed by atoms with Crippen LogP contribution in [0.5, 0.6) is 0 Å². The predicted octanol–water partition coefficient (Wildman–Crippen LogP) is 2.99. The fourth-order valence-electron chi connectivity index (χ4n) is 1.07. The molecule has 1 amide bonds. The van der Waals surface area contributed by atoms with Crippen LogP contribution in [-0.4, -0.2) is 24.1 Å². The molecule has 1 aromatic rings. The number of carbonyl (C=O) groups excluding carboxylic acids is 1. The molecule has 0 N–H and O–H groups in total. The van der Waals surface area contributed by atoms with Gasteiger partial charge in [0.25, 0.3) is 0 Å². The number of rotatable bonds is 4. The van der Waals surface area contributed by atoms with E-state index in [9.17, 15) is 4.79 Å². The first kappa shape index (κ1) is 12.6. The first-order valence-electron chi connectivity index (χ1n) is 4.93. The number of amides is 1. The van der Waals surface area contributed by atoms with E-state index in [2.05, 4.69) is 0 Å². The minimum atomic E-state index is -0.0332. The quantitative estimate of drug-likeness (QED) is 0.745. The molecule has 0 saturated carbocycles. The lowest BCUT2D eigenvalue weighted by Gasteiger charge is -2.07. The van der Waals surface area contributed by atoms with Crippen molar-refractivity contribution in [2.45, 2.75) is 0 Å². The minimum Gasteiger partial charge on any atom is -0.318 e. The summed E-state index contributed by atoms with van der Waals surface area (Å²) in [6.45, 7) is 0. The van der Waals surface area contributed by atoms with Gasteiger partial charge in [-0.05, 0) is 23.3 Å². The summed E-state index contributed by atoms with van der Waals surface area (Å²) < 4.78 is 0. The molecule has 0 bridgehead atoms. The monoisotopic (exact) mass is 233 g/mol. The molecule has 0 radical (unpaired) electrons. The molecule has 3 heteroatoms. The summed E-state index contributed by atoms with van der Waals surface area (Å²) >= 11 is 1.56. The van der Waals surface area contributed by atoms with Crippen molar-refractivity contribution < 1.29 is 4.79 Å². The van der Waals surface area contributed by atoms with Crippen molar-refractivity contribution in [1.82, 2.24) is 4.90 Å². The molecule has 16 heavy (non-hydrogen) atoms. The van der Waals surface area contributed by atoms with Crippen LogP contribution in [0.3, 0.4) is 0 Å². The van der Waals surface area contributed by atoms with E-state index in [1.165, 1.54) is 0 Å². The Morgan fingerprint density at radius 2 is 2.00 bits per heavy atom. The lowest BCUT2D eigenvalue weighted by Crippen LogP contribution is -2.17. The number of likely N-dealkylation sites (N-methyl/N-ethyl adjacent to an activating group) is 1. The van der Waals surface area contributed by atoms with Gasteiger partial charge in [-0.15, -0.1) is 11.8 Å². The molecular weight excluding hydrogens is 218 g/mol. The maximum atomic E-state index is 11.6. The van der Waals surface area contributed by atoms with Gasteiger partial charge in [-0.1, -0.05) is 30.3 Å². The largest absolute Gasteiger partial charge is 0.318 e. The zero-order chi connectivity index (χ0) is 11.8. The number of nitrogens with zero attached hydrogens (tertiary/aromatic N) is 1. The van der Waals surface area contributed by atoms with E-state index in [0.717, 1.165) is 5.56 Å². The summed E-state index contributed by atoms with van der Waals surface area (Å²) in [5, 5.41) is 1.87. The highest BCUT2D eigenvalue weighted by Crippen LogP contribution is 2.02. The van der Waals surface area contributed by atoms with Gasteiger partial charge >= 0.3 is 0 Å². The molecule has 1 aromatic carbocycles. The van der Waals surface area contributed by atoms with Gasteiger partial charge in [0, 0.05) is 19.3 Å². The van der Waals surface area contributed by atoms with Gasteiger partial charge in [0.15, 0.2) is 0 Å². The Bertz CT molecular complexity index is 384. The second-order valence-corrected chi connectivity index (χ2v) is 3.96. The average Bonchev–Trinajstić information content (AvgIpc) is 2.34. The van der Waals surface area contributed by atoms with Crippen molar-refractivity contribution in [1.29, 1.82) is 0 Å². The number of hydrogen-bond donors (Lipinski definition) is 0. The molecule has 0 saturated heterocycles. The predicted molar refractivity (Wildman–Crippen MR) is 70.9 cm³/mol. The van der Waals surface area contributed by atoms with Crippen molar-refractivity contribution in [3.8, 4) is 0 Å². The van der Waals surface area contributed by atoms with Crippen molar-refractivity contribution in [2.75, 3.05) is 13.3 Å². The van der Waals surface area contributed by atoms with Gasteiger partial charge in [-0.3, -0.25) is 4.79 Å². The lowest BCUT2D eigenvalue weighted by atomic mass is 10.2. The molecule has 0 aliphatic carbocycles. The molecule has 2 nitrogen and oxygen atoms in total. The summed E-state index contributed by atoms with van der Waals surface area (Å²) in [5.74, 6) is -0.0332. The molecule has 0 aromatic heterocycles. The second-order valence-electron chi connectivity index (χ2n) is 3.21. The minimum absolute atomic E-state index is 0.0332. The molecule has 0 unspecified atom stereocenters. The number of thioether (sulfide) groups is 1. The third-order valence-corrected chi connectivity index (χ3v) is 2.38. The van der Waals surface area contributed by atoms with Crippen LogP contribution in [0.1, 0.15) is 5.56 Å². The summed E-state index contributed by atoms with van der Waals surface area (Å²) in [6, 6.07) is 9.76. The van der Waals surface area contributed by atoms with Crippen LogP contribution < -0.4 is 0 Å². The summed E-state index contributed by atoms with van der Waals surface area (Å²) in [6.07, 6.45) is 7.09. The zero-order valence-electron chi connectivity index (χ0n) is 9.46. The van der Waals surface area contributed by atoms with E-state index < -0.39 is 0 Å². The van der Waals surface area contributed by atoms with Gasteiger partial charge in [-0.25, -0.2) is 0 Å². The van der Waals surface area contributed by atoms with E-state index in [0.29, 0.717) is 0 Å². The van der Waals surface area contributed by atoms with Crippen LogP contribution >= 0.6 is 11.8 Å². The fraction of sp³-hybridized carbons (Fsp3) is 0.154. The Kier molecular flexibility index (Phi) is 5.43. The van der Waals surface area contributed by atoms with Crippen LogP contribution in [-0.2, 0) is 4.79 Å². The maximum absolute atomic E-state index is 11.6. The molecule has 84 valence electrons. The summed E-state index contributed by atoms with van der Waals surface area (Å²) in [4.78, 5) is 13.2. The molecular formula is C13H15NOS. The van der Waals surface area contributed by atoms with E-state index in [1.54, 1.807) is 36.0 Å². The van der Waals surface area contributed by atoms with E-state index in [4.69, 9.17) is 0 Å². The van der Waals surface area contributed by atoms with Crippen LogP contribution in [0.25, 0.3) is 6.08 Å². The highest BCUT2D eigenvalue weighted by Gasteiger charge is 1.99. The Labute approximate surface area is 101 Å². The van der Waals surface area contributed by atoms with Crippen molar-refractivity contribution in [2.24, 2.45) is 0 Å². The molecule has 0 fully saturated rings. The third kappa shape index (κ3) is 4.36. The molecule has 0 spiro atoms. The third-order valence-electron chi connectivity index (χ3n) is 1.99. The van der Waals surface area contributed by atoms with Crippen molar-refractivity contribution >= 4 is 23.7 Å². The van der Waals surface area contributed by atoms with Crippen molar-refractivity contribution in [3.05, 3.63) is 53.6 Å². The van der Waals surface area contributed by atoms with Gasteiger partial charge in [0.2, 0.25) is 5.91 Å². The smallest absolute Gasteiger partial charge is 0.250 e. The Hall–Kier alpha value is -1.48. The van der Waals surface area contributed by atoms with Crippen LogP contribution in [0.4, 0.5) is 0 Å². The van der Waals surface area contributed by atoms with Crippen LogP contribution in [0.2, 0.25) is 0 Å². The Morgan fingerprint density at radius 3 is 2.62 bits per heavy atom. The number of benzene rings is 1. The zero-order valence-corrected chi connectivity index (χ0v) is 10.3. The van der Waals surface area contributed by atoms with Gasteiger partial charge in [0.1, 0.15) is 0 Å². The van der Waals surface area contributed by atoms with Crippen LogP contribution in [0.15, 0.2) is 48.0 Å². The Morgan fingerprint density at radius 1 is 1.31 bits per heavy atom.